The lowest BCUT2D eigenvalue weighted by molar-refractivity contribution is -0.401. The number of aromatic nitrogens is 2. The van der Waals surface area contributed by atoms with E-state index < -0.39 is 113 Å². The van der Waals surface area contributed by atoms with Gasteiger partial charge in [0.05, 0.1) is 63.7 Å². The smallest absolute Gasteiger partial charge is 0.331 e. The quantitative estimate of drug-likeness (QED) is 0.0859. The Labute approximate surface area is 355 Å². The molecule has 1 saturated heterocycles. The van der Waals surface area contributed by atoms with Crippen molar-refractivity contribution < 1.29 is 29.5 Å². The lowest BCUT2D eigenvalue weighted by Crippen LogP contribution is -2.47. The number of nitro groups is 6. The first-order valence-corrected chi connectivity index (χ1v) is 19.1. The van der Waals surface area contributed by atoms with Crippen LogP contribution >= 0.6 is 0 Å². The predicted molar refractivity (Wildman–Crippen MR) is 234 cm³/mol. The summed E-state index contributed by atoms with van der Waals surface area (Å²) in [5.41, 5.74) is -1.15. The normalized spacial score (nSPS) is 12.8. The topological polar surface area (TPSA) is 299 Å². The predicted octanol–water partition coefficient (Wildman–Crippen LogP) is 8.43. The lowest BCUT2D eigenvalue weighted by atomic mass is 10.1. The number of nitro benzene ring substituents is 6. The Morgan fingerprint density at radius 3 is 0.891 bits per heavy atom. The first kappa shape index (κ1) is 40.0. The molecule has 6 aromatic carbocycles. The summed E-state index contributed by atoms with van der Waals surface area (Å²) in [6, 6.07) is 28.8. The van der Waals surface area contributed by atoms with E-state index in [2.05, 4.69) is 10.9 Å². The summed E-state index contributed by atoms with van der Waals surface area (Å²) >= 11 is 0. The number of rotatable bonds is 12. The largest absolute Gasteiger partial charge is 0.357 e. The summed E-state index contributed by atoms with van der Waals surface area (Å²) < 4.78 is 2.79. The zero-order chi connectivity index (χ0) is 45.1. The van der Waals surface area contributed by atoms with Crippen molar-refractivity contribution in [3.05, 3.63) is 170 Å². The molecule has 0 bridgehead atoms. The third-order valence-electron chi connectivity index (χ3n) is 11.1. The molecule has 64 heavy (non-hydrogen) atoms. The lowest BCUT2D eigenvalue weighted by Gasteiger charge is -2.36. The minimum Gasteiger partial charge on any atom is -0.357 e. The molecule has 3 heterocycles. The van der Waals surface area contributed by atoms with Gasteiger partial charge < -0.3 is 9.80 Å². The second-order valence-corrected chi connectivity index (χ2v) is 14.5. The van der Waals surface area contributed by atoms with E-state index in [4.69, 9.17) is 0 Å². The Kier molecular flexibility index (Phi) is 9.49. The zero-order valence-electron chi connectivity index (χ0n) is 32.6. The third-order valence-corrected chi connectivity index (χ3v) is 11.1. The van der Waals surface area contributed by atoms with Crippen LogP contribution in [0.5, 0.6) is 0 Å². The van der Waals surface area contributed by atoms with Crippen molar-refractivity contribution in [3.63, 3.8) is 0 Å². The highest BCUT2D eigenvalue weighted by atomic mass is 16.6. The van der Waals surface area contributed by atoms with Gasteiger partial charge in [-0.05, 0) is 24.3 Å². The van der Waals surface area contributed by atoms with Gasteiger partial charge in [0.15, 0.2) is 11.4 Å². The molecule has 9 rings (SSSR count). The van der Waals surface area contributed by atoms with Crippen LogP contribution in [0.25, 0.3) is 43.6 Å². The second kappa shape index (κ2) is 15.2. The molecule has 0 aliphatic carbocycles. The molecule has 2 aromatic heterocycles. The summed E-state index contributed by atoms with van der Waals surface area (Å²) in [5.74, 6) is 0. The van der Waals surface area contributed by atoms with Gasteiger partial charge in [-0.15, -0.1) is 0 Å². The molecule has 1 fully saturated rings. The standard InChI is InChI=1S/C40H28N12O12/c53-47(54)31-21-33(49(57)58)37(39(51(61)62)35(31)41-45-27-13-5-1-9-23(27)24-10-2-6-14-28(24)45)43-17-19-44(20-18-43)38-34(50(59)60)22-32(48(55)56)36(40(38)52(63)64)42-46-29-15-7-3-11-25(29)26-12-4-8-16-30(26)46/h1-16,21-22,41-42H,17-20H2. The Balaban J connectivity index is 1.17. The molecule has 2 N–H and O–H groups in total. The number of nitrogens with zero attached hydrogens (tertiary/aromatic N) is 10. The Morgan fingerprint density at radius 2 is 0.641 bits per heavy atom. The average Bonchev–Trinajstić information content (AvgIpc) is 3.77. The molecule has 24 nitrogen and oxygen atoms in total. The molecule has 0 radical (unpaired) electrons. The van der Waals surface area contributed by atoms with E-state index in [1.807, 2.05) is 0 Å². The van der Waals surface area contributed by atoms with E-state index in [1.165, 1.54) is 19.2 Å². The molecule has 1 aliphatic rings. The molecule has 0 spiro atoms. The van der Waals surface area contributed by atoms with E-state index in [0.717, 1.165) is 0 Å². The van der Waals surface area contributed by atoms with Gasteiger partial charge in [0.2, 0.25) is 11.4 Å². The van der Waals surface area contributed by atoms with Gasteiger partial charge in [0.1, 0.15) is 0 Å². The molecule has 24 heteroatoms. The van der Waals surface area contributed by atoms with Crippen molar-refractivity contribution in [1.29, 1.82) is 0 Å². The Morgan fingerprint density at radius 1 is 0.375 bits per heavy atom. The number of benzene rings is 6. The van der Waals surface area contributed by atoms with Gasteiger partial charge in [0, 0.05) is 47.7 Å². The maximum Gasteiger partial charge on any atom is 0.331 e. The van der Waals surface area contributed by atoms with Crippen molar-refractivity contribution >= 4 is 100 Å². The van der Waals surface area contributed by atoms with Crippen LogP contribution in [-0.2, 0) is 0 Å². The number of hydrogen-bond donors (Lipinski definition) is 2. The molecule has 320 valence electrons. The number of fused-ring (bicyclic) bond motifs is 6. The fourth-order valence-corrected chi connectivity index (χ4v) is 8.49. The highest BCUT2D eigenvalue weighted by Gasteiger charge is 2.44. The number of hydrogen-bond acceptors (Lipinski definition) is 16. The van der Waals surface area contributed by atoms with E-state index in [0.29, 0.717) is 55.7 Å². The first-order valence-electron chi connectivity index (χ1n) is 19.1. The number of para-hydroxylation sites is 4. The summed E-state index contributed by atoms with van der Waals surface area (Å²) in [6.45, 7) is -1.63. The molecule has 1 aliphatic heterocycles. The van der Waals surface area contributed by atoms with Crippen LogP contribution < -0.4 is 20.7 Å². The van der Waals surface area contributed by atoms with Crippen molar-refractivity contribution in [1.82, 2.24) is 9.35 Å². The SMILES string of the molecule is O=[N+]([O-])c1cc([N+](=O)[O-])c(N2CCN(c3c([N+](=O)[O-])cc([N+](=O)[O-])c(Nn4c5ccccc5c5ccccc54)c3[N+](=O)[O-])CC2)c([N+](=O)[O-])c1Nn1c2ccccc2c2ccccc21. The van der Waals surface area contributed by atoms with Crippen LogP contribution in [0.2, 0.25) is 0 Å². The number of anilines is 4. The van der Waals surface area contributed by atoms with Gasteiger partial charge in [-0.2, -0.15) is 0 Å². The Hall–Kier alpha value is -9.48. The minimum absolute atomic E-state index is 0.407. The van der Waals surface area contributed by atoms with Gasteiger partial charge in [-0.3, -0.25) is 80.9 Å². The monoisotopic (exact) mass is 868 g/mol. The van der Waals surface area contributed by atoms with Crippen molar-refractivity contribution in [2.75, 3.05) is 46.8 Å². The summed E-state index contributed by atoms with van der Waals surface area (Å²) in [7, 11) is 0. The van der Waals surface area contributed by atoms with Crippen LogP contribution in [0.4, 0.5) is 56.9 Å². The van der Waals surface area contributed by atoms with E-state index in [9.17, 15) is 60.7 Å². The minimum atomic E-state index is -1.03. The average molecular weight is 869 g/mol. The van der Waals surface area contributed by atoms with E-state index in [-0.39, 0.29) is 0 Å². The molecular formula is C40H28N12O12. The van der Waals surface area contributed by atoms with Gasteiger partial charge in [-0.25, -0.2) is 0 Å². The molecular weight excluding hydrogens is 841 g/mol. The van der Waals surface area contributed by atoms with Gasteiger partial charge >= 0.3 is 34.1 Å². The van der Waals surface area contributed by atoms with E-state index >= 15 is 0 Å². The molecule has 0 atom stereocenters. The van der Waals surface area contributed by atoms with Crippen molar-refractivity contribution in [3.8, 4) is 0 Å². The molecule has 0 amide bonds. The van der Waals surface area contributed by atoms with E-state index in [1.54, 1.807) is 97.1 Å². The van der Waals surface area contributed by atoms with Crippen molar-refractivity contribution in [2.24, 2.45) is 0 Å². The Bertz CT molecular complexity index is 3030. The molecule has 0 saturated carbocycles. The maximum absolute atomic E-state index is 13.1. The summed E-state index contributed by atoms with van der Waals surface area (Å²) in [6.07, 6.45) is 0. The second-order valence-electron chi connectivity index (χ2n) is 14.5. The van der Waals surface area contributed by atoms with Crippen LogP contribution in [0.1, 0.15) is 0 Å². The fourth-order valence-electron chi connectivity index (χ4n) is 8.49. The maximum atomic E-state index is 13.1. The summed E-state index contributed by atoms with van der Waals surface area (Å²) in [4.78, 5) is 72.9. The zero-order valence-corrected chi connectivity index (χ0v) is 32.6. The van der Waals surface area contributed by atoms with Crippen LogP contribution in [0, 0.1) is 60.7 Å². The van der Waals surface area contributed by atoms with Gasteiger partial charge in [-0.1, -0.05) is 72.8 Å². The number of piperazine rings is 1. The first-order chi connectivity index (χ1) is 30.8. The molecule has 0 unspecified atom stereocenters. The van der Waals surface area contributed by atoms with Crippen LogP contribution in [-0.4, -0.2) is 65.1 Å². The van der Waals surface area contributed by atoms with Crippen molar-refractivity contribution in [2.45, 2.75) is 0 Å². The number of nitrogens with one attached hydrogen (secondary N) is 2. The molecule has 8 aromatic rings. The fraction of sp³-hybridized carbons (Fsp3) is 0.100. The highest BCUT2D eigenvalue weighted by molar-refractivity contribution is 6.10. The van der Waals surface area contributed by atoms with Crippen LogP contribution in [0.3, 0.4) is 0 Å². The van der Waals surface area contributed by atoms with Crippen LogP contribution in [0.15, 0.2) is 109 Å². The third kappa shape index (κ3) is 6.32. The van der Waals surface area contributed by atoms with Gasteiger partial charge in [0.25, 0.3) is 0 Å². The highest BCUT2D eigenvalue weighted by Crippen LogP contribution is 2.51. The summed E-state index contributed by atoms with van der Waals surface area (Å²) in [5, 5.41) is 79.3.